The third kappa shape index (κ3) is 5.03. The molecule has 0 bridgehead atoms. The fourth-order valence-electron chi connectivity index (χ4n) is 3.01. The predicted molar refractivity (Wildman–Crippen MR) is 111 cm³/mol. The minimum absolute atomic E-state index is 0.0580. The number of ether oxygens (including phenoxy) is 3. The van der Waals surface area contributed by atoms with Gasteiger partial charge in [-0.05, 0) is 18.2 Å². The molecule has 0 saturated carbocycles. The van der Waals surface area contributed by atoms with E-state index in [1.54, 1.807) is 24.3 Å². The van der Waals surface area contributed by atoms with Gasteiger partial charge in [0.2, 0.25) is 0 Å². The molecule has 1 amide bonds. The van der Waals surface area contributed by atoms with Crippen LogP contribution in [-0.2, 0) is 4.74 Å². The molecule has 1 N–H and O–H groups in total. The Bertz CT molecular complexity index is 934. The van der Waals surface area contributed by atoms with Crippen molar-refractivity contribution in [1.29, 1.82) is 0 Å². The van der Waals surface area contributed by atoms with Gasteiger partial charge in [-0.2, -0.15) is 5.10 Å². The topological polar surface area (TPSA) is 116 Å². The minimum Gasteiger partial charge on any atom is -0.497 e. The van der Waals surface area contributed by atoms with E-state index >= 15 is 0 Å². The van der Waals surface area contributed by atoms with Crippen LogP contribution in [-0.4, -0.2) is 57.6 Å². The van der Waals surface area contributed by atoms with Gasteiger partial charge in [-0.15, -0.1) is 0 Å². The molecule has 1 heterocycles. The van der Waals surface area contributed by atoms with Gasteiger partial charge < -0.3 is 19.1 Å². The summed E-state index contributed by atoms with van der Waals surface area (Å²) in [5.41, 5.74) is 3.98. The summed E-state index contributed by atoms with van der Waals surface area (Å²) in [5, 5.41) is 15.2. The van der Waals surface area contributed by atoms with Crippen molar-refractivity contribution in [1.82, 2.24) is 5.43 Å². The van der Waals surface area contributed by atoms with Crippen molar-refractivity contribution in [2.45, 2.75) is 0 Å². The van der Waals surface area contributed by atoms with E-state index in [0.29, 0.717) is 48.9 Å². The molecule has 0 aliphatic carbocycles. The van der Waals surface area contributed by atoms with Gasteiger partial charge in [-0.25, -0.2) is 5.43 Å². The molecule has 0 spiro atoms. The Kier molecular flexibility index (Phi) is 6.81. The number of carbonyl (C=O) groups excluding carboxylic acids is 1. The van der Waals surface area contributed by atoms with Crippen molar-refractivity contribution in [3.8, 4) is 11.5 Å². The first-order chi connectivity index (χ1) is 14.5. The van der Waals surface area contributed by atoms with Crippen molar-refractivity contribution in [2.75, 3.05) is 45.4 Å². The molecule has 1 aliphatic heterocycles. The molecular formula is C20H22N4O6. The highest BCUT2D eigenvalue weighted by molar-refractivity contribution is 5.96. The molecule has 1 saturated heterocycles. The van der Waals surface area contributed by atoms with E-state index in [0.717, 1.165) is 5.69 Å². The molecule has 1 aliphatic rings. The summed E-state index contributed by atoms with van der Waals surface area (Å²) < 4.78 is 15.7. The lowest BCUT2D eigenvalue weighted by Crippen LogP contribution is -2.36. The van der Waals surface area contributed by atoms with Gasteiger partial charge in [0.15, 0.2) is 0 Å². The average Bonchev–Trinajstić information content (AvgIpc) is 2.79. The zero-order valence-corrected chi connectivity index (χ0v) is 16.7. The number of morpholine rings is 1. The van der Waals surface area contributed by atoms with Crippen molar-refractivity contribution < 1.29 is 23.9 Å². The van der Waals surface area contributed by atoms with Crippen LogP contribution < -0.4 is 19.8 Å². The zero-order chi connectivity index (χ0) is 21.5. The maximum atomic E-state index is 12.5. The molecule has 0 unspecified atom stereocenters. The van der Waals surface area contributed by atoms with Gasteiger partial charge >= 0.3 is 0 Å². The van der Waals surface area contributed by atoms with Gasteiger partial charge in [-0.3, -0.25) is 14.9 Å². The number of hydrogen-bond acceptors (Lipinski definition) is 8. The zero-order valence-electron chi connectivity index (χ0n) is 16.7. The fraction of sp³-hybridized carbons (Fsp3) is 0.300. The third-order valence-corrected chi connectivity index (χ3v) is 4.56. The number of methoxy groups -OCH3 is 2. The highest BCUT2D eigenvalue weighted by Gasteiger charge is 2.17. The van der Waals surface area contributed by atoms with Crippen LogP contribution in [0.15, 0.2) is 41.5 Å². The van der Waals surface area contributed by atoms with E-state index in [4.69, 9.17) is 14.2 Å². The van der Waals surface area contributed by atoms with E-state index in [1.165, 1.54) is 32.6 Å². The summed E-state index contributed by atoms with van der Waals surface area (Å²) in [7, 11) is 2.98. The molecule has 0 atom stereocenters. The third-order valence-electron chi connectivity index (χ3n) is 4.56. The van der Waals surface area contributed by atoms with Gasteiger partial charge in [0, 0.05) is 48.1 Å². The van der Waals surface area contributed by atoms with Crippen LogP contribution in [0.2, 0.25) is 0 Å². The number of hydrazone groups is 1. The highest BCUT2D eigenvalue weighted by atomic mass is 16.6. The number of carbonyl (C=O) groups is 1. The number of non-ortho nitro benzene ring substituents is 1. The van der Waals surface area contributed by atoms with E-state index in [-0.39, 0.29) is 5.69 Å². The lowest BCUT2D eigenvalue weighted by atomic mass is 10.1. The second-order valence-electron chi connectivity index (χ2n) is 6.40. The van der Waals surface area contributed by atoms with Crippen LogP contribution >= 0.6 is 0 Å². The first kappa shape index (κ1) is 21.1. The van der Waals surface area contributed by atoms with Gasteiger partial charge in [-0.1, -0.05) is 0 Å². The first-order valence-electron chi connectivity index (χ1n) is 9.19. The van der Waals surface area contributed by atoms with Crippen molar-refractivity contribution in [3.05, 3.63) is 57.6 Å². The lowest BCUT2D eigenvalue weighted by molar-refractivity contribution is -0.384. The summed E-state index contributed by atoms with van der Waals surface area (Å²) in [5.74, 6) is 0.468. The van der Waals surface area contributed by atoms with Gasteiger partial charge in [0.1, 0.15) is 11.5 Å². The molecule has 10 heteroatoms. The number of benzene rings is 2. The van der Waals surface area contributed by atoms with Crippen molar-refractivity contribution in [3.63, 3.8) is 0 Å². The molecule has 3 rings (SSSR count). The molecule has 1 fully saturated rings. The van der Waals surface area contributed by atoms with E-state index in [1.807, 2.05) is 0 Å². The second kappa shape index (κ2) is 9.70. The Balaban J connectivity index is 1.81. The molecule has 0 aromatic heterocycles. The quantitative estimate of drug-likeness (QED) is 0.419. The molecular weight excluding hydrogens is 392 g/mol. The fourth-order valence-corrected chi connectivity index (χ4v) is 3.01. The van der Waals surface area contributed by atoms with E-state index in [9.17, 15) is 14.9 Å². The summed E-state index contributed by atoms with van der Waals surface area (Å²) >= 11 is 0. The molecule has 30 heavy (non-hydrogen) atoms. The lowest BCUT2D eigenvalue weighted by Gasteiger charge is -2.29. The first-order valence-corrected chi connectivity index (χ1v) is 9.19. The van der Waals surface area contributed by atoms with Gasteiger partial charge in [0.05, 0.1) is 38.6 Å². The molecule has 158 valence electrons. The average molecular weight is 414 g/mol. The smallest absolute Gasteiger partial charge is 0.271 e. The largest absolute Gasteiger partial charge is 0.497 e. The Morgan fingerprint density at radius 2 is 1.83 bits per heavy atom. The SMILES string of the molecule is COc1cc(OC)cc(C(=O)NN=Cc2cc([N+](=O)[O-])ccc2N2CCOCC2)c1. The Hall–Kier alpha value is -3.66. The molecule has 2 aromatic carbocycles. The van der Waals surface area contributed by atoms with Crippen LogP contribution in [0.4, 0.5) is 11.4 Å². The number of nitrogens with zero attached hydrogens (tertiary/aromatic N) is 3. The summed E-state index contributed by atoms with van der Waals surface area (Å²) in [6.45, 7) is 2.47. The van der Waals surface area contributed by atoms with Crippen molar-refractivity contribution >= 4 is 23.5 Å². The number of amides is 1. The molecule has 0 radical (unpaired) electrons. The molecule has 10 nitrogen and oxygen atoms in total. The second-order valence-corrected chi connectivity index (χ2v) is 6.40. The number of rotatable bonds is 7. The molecule has 2 aromatic rings. The maximum Gasteiger partial charge on any atom is 0.271 e. The Morgan fingerprint density at radius 1 is 1.17 bits per heavy atom. The number of nitro benzene ring substituents is 1. The van der Waals surface area contributed by atoms with Gasteiger partial charge in [0.25, 0.3) is 11.6 Å². The Labute approximate surface area is 173 Å². The van der Waals surface area contributed by atoms with Crippen LogP contribution in [0.1, 0.15) is 15.9 Å². The summed E-state index contributed by atoms with van der Waals surface area (Å²) in [6.07, 6.45) is 1.40. The monoisotopic (exact) mass is 414 g/mol. The van der Waals surface area contributed by atoms with E-state index < -0.39 is 10.8 Å². The Morgan fingerprint density at radius 3 is 2.43 bits per heavy atom. The normalized spacial score (nSPS) is 13.9. The minimum atomic E-state index is -0.471. The number of nitrogens with one attached hydrogen (secondary N) is 1. The maximum absolute atomic E-state index is 12.5. The van der Waals surface area contributed by atoms with Crippen molar-refractivity contribution in [2.24, 2.45) is 5.10 Å². The highest BCUT2D eigenvalue weighted by Crippen LogP contribution is 2.25. The summed E-state index contributed by atoms with van der Waals surface area (Å²) in [6, 6.07) is 9.31. The van der Waals surface area contributed by atoms with Crippen LogP contribution in [0.25, 0.3) is 0 Å². The van der Waals surface area contributed by atoms with E-state index in [2.05, 4.69) is 15.4 Å². The van der Waals surface area contributed by atoms with Crippen LogP contribution in [0.3, 0.4) is 0 Å². The van der Waals surface area contributed by atoms with Crippen LogP contribution in [0, 0.1) is 10.1 Å². The van der Waals surface area contributed by atoms with Crippen LogP contribution in [0.5, 0.6) is 11.5 Å². The predicted octanol–water partition coefficient (Wildman–Crippen LogP) is 2.21. The summed E-state index contributed by atoms with van der Waals surface area (Å²) in [4.78, 5) is 25.2. The number of anilines is 1. The number of nitro groups is 1. The standard InChI is InChI=1S/C20H22N4O6/c1-28-17-10-14(11-18(12-17)29-2)20(25)22-21-13-15-9-16(24(26)27)3-4-19(15)23-5-7-30-8-6-23/h3-4,9-13H,5-8H2,1-2H3,(H,22,25). The number of hydrogen-bond donors (Lipinski definition) is 1.